The van der Waals surface area contributed by atoms with Crippen LogP contribution >= 0.6 is 0 Å². The fraction of sp³-hybridized carbons (Fsp3) is 0.611. The SMILES string of the molecule is CC(O)(CC(=O)N1CCC2CCCCC21)c1ccccc1. The number of aliphatic hydroxyl groups is 1. The van der Waals surface area contributed by atoms with Crippen LogP contribution in [0.15, 0.2) is 30.3 Å². The van der Waals surface area contributed by atoms with Gasteiger partial charge in [-0.3, -0.25) is 4.79 Å². The molecule has 1 aliphatic carbocycles. The van der Waals surface area contributed by atoms with Crippen LogP contribution in [0.5, 0.6) is 0 Å². The predicted molar refractivity (Wildman–Crippen MR) is 82.7 cm³/mol. The maximum atomic E-state index is 12.7. The van der Waals surface area contributed by atoms with Gasteiger partial charge in [0.1, 0.15) is 0 Å². The van der Waals surface area contributed by atoms with Gasteiger partial charge in [-0.15, -0.1) is 0 Å². The minimum absolute atomic E-state index is 0.109. The molecule has 2 aliphatic rings. The summed E-state index contributed by atoms with van der Waals surface area (Å²) in [5.74, 6) is 0.808. The molecule has 2 fully saturated rings. The third kappa shape index (κ3) is 2.98. The zero-order valence-electron chi connectivity index (χ0n) is 12.8. The molecule has 3 nitrogen and oxygen atoms in total. The van der Waals surface area contributed by atoms with E-state index in [1.165, 1.54) is 19.3 Å². The lowest BCUT2D eigenvalue weighted by Crippen LogP contribution is -2.42. The minimum Gasteiger partial charge on any atom is -0.385 e. The van der Waals surface area contributed by atoms with Gasteiger partial charge in [0, 0.05) is 12.6 Å². The summed E-state index contributed by atoms with van der Waals surface area (Å²) in [5, 5.41) is 10.7. The molecule has 0 spiro atoms. The van der Waals surface area contributed by atoms with Gasteiger partial charge in [-0.2, -0.15) is 0 Å². The molecule has 3 rings (SSSR count). The van der Waals surface area contributed by atoms with E-state index < -0.39 is 5.60 Å². The van der Waals surface area contributed by atoms with Gasteiger partial charge in [0.25, 0.3) is 0 Å². The highest BCUT2D eigenvalue weighted by atomic mass is 16.3. The Morgan fingerprint density at radius 2 is 1.95 bits per heavy atom. The van der Waals surface area contributed by atoms with E-state index in [0.29, 0.717) is 12.0 Å². The van der Waals surface area contributed by atoms with Crippen molar-refractivity contribution in [3.63, 3.8) is 0 Å². The monoisotopic (exact) mass is 287 g/mol. The van der Waals surface area contributed by atoms with E-state index in [1.807, 2.05) is 35.2 Å². The van der Waals surface area contributed by atoms with Gasteiger partial charge >= 0.3 is 0 Å². The first-order valence-electron chi connectivity index (χ1n) is 8.15. The molecule has 1 aliphatic heterocycles. The van der Waals surface area contributed by atoms with Crippen LogP contribution in [0.4, 0.5) is 0 Å². The first-order chi connectivity index (χ1) is 10.1. The van der Waals surface area contributed by atoms with Crippen LogP contribution in [0.2, 0.25) is 0 Å². The molecule has 1 amide bonds. The third-order valence-corrected chi connectivity index (χ3v) is 5.22. The molecule has 1 N–H and O–H groups in total. The summed E-state index contributed by atoms with van der Waals surface area (Å²) in [6, 6.07) is 9.94. The first-order valence-corrected chi connectivity index (χ1v) is 8.15. The first kappa shape index (κ1) is 14.6. The highest BCUT2D eigenvalue weighted by molar-refractivity contribution is 5.78. The molecule has 3 unspecified atom stereocenters. The highest BCUT2D eigenvalue weighted by Crippen LogP contribution is 2.37. The standard InChI is InChI=1S/C18H25NO2/c1-18(21,15-8-3-2-4-9-15)13-17(20)19-12-11-14-7-5-6-10-16(14)19/h2-4,8-9,14,16,21H,5-7,10-13H2,1H3. The summed E-state index contributed by atoms with van der Waals surface area (Å²) in [5.41, 5.74) is -0.261. The van der Waals surface area contributed by atoms with Crippen molar-refractivity contribution in [1.82, 2.24) is 4.90 Å². The lowest BCUT2D eigenvalue weighted by Gasteiger charge is -2.33. The number of amides is 1. The fourth-order valence-corrected chi connectivity index (χ4v) is 4.01. The molecule has 1 aromatic rings. The number of hydrogen-bond acceptors (Lipinski definition) is 2. The Balaban J connectivity index is 1.69. The molecular weight excluding hydrogens is 262 g/mol. The van der Waals surface area contributed by atoms with E-state index in [2.05, 4.69) is 0 Å². The van der Waals surface area contributed by atoms with Crippen LogP contribution in [-0.2, 0) is 10.4 Å². The van der Waals surface area contributed by atoms with E-state index in [-0.39, 0.29) is 12.3 Å². The number of fused-ring (bicyclic) bond motifs is 1. The van der Waals surface area contributed by atoms with E-state index >= 15 is 0 Å². The van der Waals surface area contributed by atoms with Crippen LogP contribution in [-0.4, -0.2) is 28.5 Å². The second kappa shape index (κ2) is 5.80. The van der Waals surface area contributed by atoms with Crippen LogP contribution in [0, 0.1) is 5.92 Å². The summed E-state index contributed by atoms with van der Waals surface area (Å²) >= 11 is 0. The summed E-state index contributed by atoms with van der Waals surface area (Å²) in [6.45, 7) is 2.62. The van der Waals surface area contributed by atoms with Gasteiger partial charge in [0.15, 0.2) is 0 Å². The van der Waals surface area contributed by atoms with Gasteiger partial charge in [-0.25, -0.2) is 0 Å². The van der Waals surface area contributed by atoms with E-state index in [9.17, 15) is 9.90 Å². The molecule has 0 radical (unpaired) electrons. The zero-order valence-corrected chi connectivity index (χ0v) is 12.8. The fourth-order valence-electron chi connectivity index (χ4n) is 4.01. The Morgan fingerprint density at radius 1 is 1.24 bits per heavy atom. The van der Waals surface area contributed by atoms with Gasteiger partial charge in [0.2, 0.25) is 5.91 Å². The summed E-state index contributed by atoms with van der Waals surface area (Å²) < 4.78 is 0. The molecule has 3 atom stereocenters. The lowest BCUT2D eigenvalue weighted by molar-refractivity contribution is -0.137. The van der Waals surface area contributed by atoms with E-state index in [0.717, 1.165) is 24.9 Å². The molecule has 1 saturated heterocycles. The molecule has 114 valence electrons. The van der Waals surface area contributed by atoms with Crippen LogP contribution in [0.25, 0.3) is 0 Å². The van der Waals surface area contributed by atoms with Gasteiger partial charge < -0.3 is 10.0 Å². The number of rotatable bonds is 3. The normalized spacial score (nSPS) is 28.0. The second-order valence-corrected chi connectivity index (χ2v) is 6.80. The molecule has 1 saturated carbocycles. The average molecular weight is 287 g/mol. The van der Waals surface area contributed by atoms with Crippen molar-refractivity contribution in [1.29, 1.82) is 0 Å². The van der Waals surface area contributed by atoms with Crippen molar-refractivity contribution < 1.29 is 9.90 Å². The lowest BCUT2D eigenvalue weighted by atomic mass is 9.85. The Hall–Kier alpha value is -1.35. The zero-order chi connectivity index (χ0) is 14.9. The minimum atomic E-state index is -1.08. The van der Waals surface area contributed by atoms with Crippen molar-refractivity contribution >= 4 is 5.91 Å². The predicted octanol–water partition coefficient (Wildman–Crippen LogP) is 3.08. The van der Waals surface area contributed by atoms with Gasteiger partial charge in [-0.05, 0) is 37.7 Å². The molecule has 0 bridgehead atoms. The van der Waals surface area contributed by atoms with Crippen LogP contribution in [0.1, 0.15) is 51.0 Å². The Kier molecular flexibility index (Phi) is 4.03. The quantitative estimate of drug-likeness (QED) is 0.928. The van der Waals surface area contributed by atoms with Crippen molar-refractivity contribution in [2.24, 2.45) is 5.92 Å². The number of likely N-dealkylation sites (tertiary alicyclic amines) is 1. The van der Waals surface area contributed by atoms with Crippen molar-refractivity contribution in [3.05, 3.63) is 35.9 Å². The summed E-state index contributed by atoms with van der Waals surface area (Å²) in [6.07, 6.45) is 6.28. The maximum Gasteiger partial charge on any atom is 0.226 e. The summed E-state index contributed by atoms with van der Waals surface area (Å²) in [7, 11) is 0. The maximum absolute atomic E-state index is 12.7. The van der Waals surface area contributed by atoms with Crippen LogP contribution in [0.3, 0.4) is 0 Å². The molecular formula is C18H25NO2. The topological polar surface area (TPSA) is 40.5 Å². The van der Waals surface area contributed by atoms with E-state index in [1.54, 1.807) is 6.92 Å². The number of carbonyl (C=O) groups excluding carboxylic acids is 1. The largest absolute Gasteiger partial charge is 0.385 e. The average Bonchev–Trinajstić information content (AvgIpc) is 2.92. The smallest absolute Gasteiger partial charge is 0.226 e. The molecule has 21 heavy (non-hydrogen) atoms. The van der Waals surface area contributed by atoms with Crippen molar-refractivity contribution in [2.75, 3.05) is 6.54 Å². The Morgan fingerprint density at radius 3 is 2.71 bits per heavy atom. The molecule has 1 heterocycles. The van der Waals surface area contributed by atoms with Crippen molar-refractivity contribution in [3.8, 4) is 0 Å². The highest BCUT2D eigenvalue weighted by Gasteiger charge is 2.40. The second-order valence-electron chi connectivity index (χ2n) is 6.80. The number of benzene rings is 1. The Bertz CT molecular complexity index is 497. The molecule has 1 aromatic carbocycles. The van der Waals surface area contributed by atoms with Crippen LogP contribution < -0.4 is 0 Å². The third-order valence-electron chi connectivity index (χ3n) is 5.22. The van der Waals surface area contributed by atoms with Gasteiger partial charge in [0.05, 0.1) is 12.0 Å². The number of hydrogen-bond donors (Lipinski definition) is 1. The van der Waals surface area contributed by atoms with E-state index in [4.69, 9.17) is 0 Å². The number of nitrogens with zero attached hydrogens (tertiary/aromatic N) is 1. The number of carbonyl (C=O) groups is 1. The van der Waals surface area contributed by atoms with Crippen molar-refractivity contribution in [2.45, 2.75) is 57.1 Å². The van der Waals surface area contributed by atoms with Gasteiger partial charge in [-0.1, -0.05) is 43.2 Å². The Labute approximate surface area is 127 Å². The molecule has 0 aromatic heterocycles. The molecule has 3 heteroatoms. The summed E-state index contributed by atoms with van der Waals surface area (Å²) in [4.78, 5) is 14.7.